The van der Waals surface area contributed by atoms with Gasteiger partial charge in [-0.25, -0.2) is 13.1 Å². The van der Waals surface area contributed by atoms with Crippen LogP contribution >= 0.6 is 35.0 Å². The van der Waals surface area contributed by atoms with Crippen molar-refractivity contribution in [1.29, 1.82) is 0 Å². The molecule has 0 aliphatic heterocycles. The Kier molecular flexibility index (Phi) is 6.67. The first-order chi connectivity index (χ1) is 11.0. The number of ether oxygens (including phenoxy) is 1. The van der Waals surface area contributed by atoms with E-state index in [-0.39, 0.29) is 21.5 Å². The van der Waals surface area contributed by atoms with Crippen LogP contribution in [0.25, 0.3) is 0 Å². The minimum absolute atomic E-state index is 0.0539. The van der Waals surface area contributed by atoms with Gasteiger partial charge in [0, 0.05) is 12.3 Å². The number of thioether (sulfide) groups is 1. The summed E-state index contributed by atoms with van der Waals surface area (Å²) >= 11 is 13.6. The molecule has 9 heteroatoms. The van der Waals surface area contributed by atoms with E-state index in [0.717, 1.165) is 5.76 Å². The molecule has 2 rings (SSSR count). The lowest BCUT2D eigenvalue weighted by Gasteiger charge is -2.11. The number of methoxy groups -OCH3 is 1. The summed E-state index contributed by atoms with van der Waals surface area (Å²) in [5.41, 5.74) is 0. The summed E-state index contributed by atoms with van der Waals surface area (Å²) in [5.74, 6) is 2.46. The molecular weight excluding hydrogens is 381 g/mol. The lowest BCUT2D eigenvalue weighted by atomic mass is 10.3. The second kappa shape index (κ2) is 8.30. The van der Waals surface area contributed by atoms with Gasteiger partial charge in [-0.05, 0) is 24.3 Å². The fourth-order valence-electron chi connectivity index (χ4n) is 1.77. The minimum Gasteiger partial charge on any atom is -0.495 e. The number of nitrogens with one attached hydrogen (secondary N) is 1. The molecule has 2 aromatic rings. The van der Waals surface area contributed by atoms with Crippen molar-refractivity contribution in [2.75, 3.05) is 19.4 Å². The second-order valence-electron chi connectivity index (χ2n) is 4.42. The molecule has 23 heavy (non-hydrogen) atoms. The molecular formula is C14H15Cl2NO4S2. The molecule has 5 nitrogen and oxygen atoms in total. The predicted octanol–water partition coefficient (Wildman–Crippen LogP) is 3.81. The van der Waals surface area contributed by atoms with Gasteiger partial charge in [0.25, 0.3) is 0 Å². The molecule has 0 amide bonds. The summed E-state index contributed by atoms with van der Waals surface area (Å²) < 4.78 is 37.2. The SMILES string of the molecule is COc1ccc(S(=O)(=O)NCCSCc2ccco2)c(Cl)c1Cl. The maximum absolute atomic E-state index is 12.3. The van der Waals surface area contributed by atoms with Crippen LogP contribution in [-0.4, -0.2) is 27.8 Å². The van der Waals surface area contributed by atoms with Gasteiger partial charge in [-0.1, -0.05) is 23.2 Å². The normalized spacial score (nSPS) is 11.6. The topological polar surface area (TPSA) is 68.5 Å². The highest BCUT2D eigenvalue weighted by molar-refractivity contribution is 7.98. The van der Waals surface area contributed by atoms with Crippen LogP contribution in [0.3, 0.4) is 0 Å². The standard InChI is InChI=1S/C14H15Cl2NO4S2/c1-20-11-4-5-12(14(16)13(11)15)23(18,19)17-6-8-22-9-10-3-2-7-21-10/h2-5,7,17H,6,8-9H2,1H3. The molecule has 0 fully saturated rings. The van der Waals surface area contributed by atoms with Crippen LogP contribution in [0.1, 0.15) is 5.76 Å². The van der Waals surface area contributed by atoms with Crippen molar-refractivity contribution in [3.05, 3.63) is 46.3 Å². The molecule has 0 unspecified atom stereocenters. The molecule has 0 aliphatic rings. The van der Waals surface area contributed by atoms with Gasteiger partial charge < -0.3 is 9.15 Å². The van der Waals surface area contributed by atoms with Gasteiger partial charge >= 0.3 is 0 Å². The Morgan fingerprint density at radius 2 is 2.04 bits per heavy atom. The molecule has 0 atom stereocenters. The van der Waals surface area contributed by atoms with Gasteiger partial charge in [0.05, 0.1) is 24.1 Å². The largest absolute Gasteiger partial charge is 0.495 e. The first kappa shape index (κ1) is 18.5. The number of sulfonamides is 1. The highest BCUT2D eigenvalue weighted by Crippen LogP contribution is 2.36. The summed E-state index contributed by atoms with van der Waals surface area (Å²) in [7, 11) is -2.30. The van der Waals surface area contributed by atoms with E-state index in [4.69, 9.17) is 32.4 Å². The molecule has 1 aromatic carbocycles. The predicted molar refractivity (Wildman–Crippen MR) is 93.1 cm³/mol. The zero-order chi connectivity index (χ0) is 16.9. The van der Waals surface area contributed by atoms with Gasteiger partial charge in [-0.3, -0.25) is 0 Å². The molecule has 0 saturated carbocycles. The van der Waals surface area contributed by atoms with E-state index in [2.05, 4.69) is 4.72 Å². The van der Waals surface area contributed by atoms with Crippen molar-refractivity contribution in [2.45, 2.75) is 10.6 Å². The van der Waals surface area contributed by atoms with E-state index in [0.29, 0.717) is 17.3 Å². The Morgan fingerprint density at radius 3 is 2.70 bits per heavy atom. The van der Waals surface area contributed by atoms with E-state index < -0.39 is 10.0 Å². The Labute approximate surface area is 149 Å². The minimum atomic E-state index is -3.73. The average molecular weight is 396 g/mol. The third-order valence-electron chi connectivity index (χ3n) is 2.88. The fraction of sp³-hybridized carbons (Fsp3) is 0.286. The van der Waals surface area contributed by atoms with Gasteiger partial charge in [-0.2, -0.15) is 11.8 Å². The summed E-state index contributed by atoms with van der Waals surface area (Å²) in [5, 5.41) is 0.0194. The third-order valence-corrected chi connectivity index (χ3v) is 6.35. The van der Waals surface area contributed by atoms with Gasteiger partial charge in [0.1, 0.15) is 21.4 Å². The van der Waals surface area contributed by atoms with Crippen LogP contribution in [0, 0.1) is 0 Å². The molecule has 0 radical (unpaired) electrons. The van der Waals surface area contributed by atoms with Crippen molar-refractivity contribution < 1.29 is 17.6 Å². The maximum atomic E-state index is 12.3. The Bertz CT molecular complexity index is 748. The summed E-state index contributed by atoms with van der Waals surface area (Å²) in [6.45, 7) is 0.272. The molecule has 1 N–H and O–H groups in total. The number of benzene rings is 1. The van der Waals surface area contributed by atoms with E-state index in [1.165, 1.54) is 19.2 Å². The van der Waals surface area contributed by atoms with E-state index >= 15 is 0 Å². The maximum Gasteiger partial charge on any atom is 0.242 e. The molecule has 0 spiro atoms. The monoisotopic (exact) mass is 395 g/mol. The highest BCUT2D eigenvalue weighted by Gasteiger charge is 2.21. The van der Waals surface area contributed by atoms with Crippen LogP contribution in [0.15, 0.2) is 39.8 Å². The van der Waals surface area contributed by atoms with Crippen molar-refractivity contribution in [3.63, 3.8) is 0 Å². The Balaban J connectivity index is 1.92. The zero-order valence-electron chi connectivity index (χ0n) is 12.2. The Morgan fingerprint density at radius 1 is 1.26 bits per heavy atom. The van der Waals surface area contributed by atoms with Crippen LogP contribution in [-0.2, 0) is 15.8 Å². The number of halogens is 2. The molecule has 1 aromatic heterocycles. The van der Waals surface area contributed by atoms with E-state index in [9.17, 15) is 8.42 Å². The first-order valence-electron chi connectivity index (χ1n) is 6.57. The molecule has 0 bridgehead atoms. The zero-order valence-corrected chi connectivity index (χ0v) is 15.4. The van der Waals surface area contributed by atoms with E-state index in [1.54, 1.807) is 18.0 Å². The lowest BCUT2D eigenvalue weighted by Crippen LogP contribution is -2.26. The average Bonchev–Trinajstić information content (AvgIpc) is 3.02. The van der Waals surface area contributed by atoms with Crippen molar-refractivity contribution in [2.24, 2.45) is 0 Å². The molecule has 126 valence electrons. The smallest absolute Gasteiger partial charge is 0.242 e. The van der Waals surface area contributed by atoms with E-state index in [1.807, 2.05) is 12.1 Å². The van der Waals surface area contributed by atoms with Crippen molar-refractivity contribution in [3.8, 4) is 5.75 Å². The van der Waals surface area contributed by atoms with Crippen molar-refractivity contribution >= 4 is 45.0 Å². The van der Waals surface area contributed by atoms with Crippen LogP contribution in [0.2, 0.25) is 10.0 Å². The summed E-state index contributed by atoms with van der Waals surface area (Å²) in [4.78, 5) is -0.0685. The number of furan rings is 1. The first-order valence-corrected chi connectivity index (χ1v) is 9.97. The van der Waals surface area contributed by atoms with Gasteiger partial charge in [-0.15, -0.1) is 0 Å². The summed E-state index contributed by atoms with van der Waals surface area (Å²) in [6, 6.07) is 6.52. The van der Waals surface area contributed by atoms with Crippen LogP contribution in [0.5, 0.6) is 5.75 Å². The van der Waals surface area contributed by atoms with Gasteiger partial charge in [0.15, 0.2) is 0 Å². The number of rotatable bonds is 8. The fourth-order valence-corrected chi connectivity index (χ4v) is 4.53. The number of hydrogen-bond acceptors (Lipinski definition) is 5. The summed E-state index contributed by atoms with van der Waals surface area (Å²) in [6.07, 6.45) is 1.61. The van der Waals surface area contributed by atoms with Crippen molar-refractivity contribution in [1.82, 2.24) is 4.72 Å². The molecule has 0 saturated heterocycles. The van der Waals surface area contributed by atoms with Crippen LogP contribution < -0.4 is 9.46 Å². The molecule has 1 heterocycles. The van der Waals surface area contributed by atoms with Gasteiger partial charge in [0.2, 0.25) is 10.0 Å². The Hall–Kier alpha value is -0.860. The lowest BCUT2D eigenvalue weighted by molar-refractivity contribution is 0.414. The quantitative estimate of drug-likeness (QED) is 0.688. The van der Waals surface area contributed by atoms with Crippen LogP contribution in [0.4, 0.5) is 0 Å². The second-order valence-corrected chi connectivity index (χ2v) is 8.02. The number of hydrogen-bond donors (Lipinski definition) is 1. The highest BCUT2D eigenvalue weighted by atomic mass is 35.5. The third kappa shape index (κ3) is 4.81. The molecule has 0 aliphatic carbocycles.